The van der Waals surface area contributed by atoms with E-state index in [1.54, 1.807) is 0 Å². The van der Waals surface area contributed by atoms with Crippen LogP contribution in [0.3, 0.4) is 0 Å². The summed E-state index contributed by atoms with van der Waals surface area (Å²) in [4.78, 5) is 0. The molecule has 2 nitrogen and oxygen atoms in total. The van der Waals surface area contributed by atoms with Gasteiger partial charge in [-0.15, -0.1) is 0 Å². The third-order valence-electron chi connectivity index (χ3n) is 8.06. The third-order valence-corrected chi connectivity index (χ3v) is 8.06. The molecule has 0 unspecified atom stereocenters. The maximum absolute atomic E-state index is 4.05. The van der Waals surface area contributed by atoms with Crippen LogP contribution in [-0.2, 0) is 13.1 Å². The van der Waals surface area contributed by atoms with Gasteiger partial charge >= 0.3 is 0 Å². The lowest BCUT2D eigenvalue weighted by molar-refractivity contribution is -0.0142. The molecule has 4 saturated carbocycles. The van der Waals surface area contributed by atoms with E-state index < -0.39 is 0 Å². The summed E-state index contributed by atoms with van der Waals surface area (Å²) >= 11 is 0. The van der Waals surface area contributed by atoms with Crippen molar-refractivity contribution in [1.82, 2.24) is 9.88 Å². The molecule has 0 amide bonds. The molecule has 1 N–H and O–H groups in total. The first-order valence-corrected chi connectivity index (χ1v) is 11.6. The van der Waals surface area contributed by atoms with E-state index in [9.17, 15) is 0 Å². The first kappa shape index (κ1) is 17.8. The third kappa shape index (κ3) is 3.22. The lowest BCUT2D eigenvalue weighted by Gasteiger charge is -2.54. The molecule has 4 fully saturated rings. The summed E-state index contributed by atoms with van der Waals surface area (Å²) in [6.45, 7) is 4.13. The van der Waals surface area contributed by atoms with Crippen LogP contribution in [0.25, 0.3) is 10.9 Å². The summed E-state index contributed by atoms with van der Waals surface area (Å²) in [6.07, 6.45) is 9.88. The minimum atomic E-state index is 0.752. The van der Waals surface area contributed by atoms with Crippen molar-refractivity contribution in [2.24, 2.45) is 23.7 Å². The van der Waals surface area contributed by atoms with Crippen LogP contribution >= 0.6 is 0 Å². The Morgan fingerprint density at radius 1 is 0.897 bits per heavy atom. The van der Waals surface area contributed by atoms with Crippen LogP contribution in [-0.4, -0.2) is 10.6 Å². The molecule has 2 heteroatoms. The largest absolute Gasteiger partial charge is 0.343 e. The van der Waals surface area contributed by atoms with Gasteiger partial charge in [0.2, 0.25) is 0 Å². The fourth-order valence-electron chi connectivity index (χ4n) is 7.09. The summed E-state index contributed by atoms with van der Waals surface area (Å²) in [5, 5.41) is 5.46. The standard InChI is InChI=1S/C27H32N2/c1-18-5-4-6-19(9-18)16-29-17-24(25-7-2-3-8-26(25)29)15-28-27-22-11-20-10-21(13-22)14-23(27)12-20/h2-9,17,20-23,27-28H,10-16H2,1H3. The molecule has 0 radical (unpaired) electrons. The predicted molar refractivity (Wildman–Crippen MR) is 120 cm³/mol. The van der Waals surface area contributed by atoms with Crippen molar-refractivity contribution in [3.8, 4) is 0 Å². The van der Waals surface area contributed by atoms with Gasteiger partial charge < -0.3 is 9.88 Å². The zero-order valence-electron chi connectivity index (χ0n) is 17.5. The van der Waals surface area contributed by atoms with Crippen molar-refractivity contribution in [2.75, 3.05) is 0 Å². The van der Waals surface area contributed by atoms with Crippen LogP contribution in [0.4, 0.5) is 0 Å². The van der Waals surface area contributed by atoms with E-state index in [0.717, 1.165) is 42.8 Å². The van der Waals surface area contributed by atoms with Crippen LogP contribution in [0, 0.1) is 30.6 Å². The molecule has 4 bridgehead atoms. The number of rotatable bonds is 5. The quantitative estimate of drug-likeness (QED) is 0.578. The minimum absolute atomic E-state index is 0.752. The molecule has 1 aromatic heterocycles. The highest BCUT2D eigenvalue weighted by atomic mass is 15.0. The number of aryl methyl sites for hydroxylation is 1. The zero-order valence-corrected chi connectivity index (χ0v) is 17.5. The Kier molecular flexibility index (Phi) is 4.30. The molecule has 29 heavy (non-hydrogen) atoms. The smallest absolute Gasteiger partial charge is 0.0486 e. The summed E-state index contributed by atoms with van der Waals surface area (Å²) < 4.78 is 2.44. The van der Waals surface area contributed by atoms with Crippen molar-refractivity contribution in [2.45, 2.75) is 58.2 Å². The summed E-state index contributed by atoms with van der Waals surface area (Å²) in [5.41, 5.74) is 5.53. The maximum atomic E-state index is 4.05. The summed E-state index contributed by atoms with van der Waals surface area (Å²) in [6, 6.07) is 18.6. The lowest BCUT2D eigenvalue weighted by Crippen LogP contribution is -2.54. The number of para-hydroxylation sites is 1. The number of nitrogens with one attached hydrogen (secondary N) is 1. The zero-order chi connectivity index (χ0) is 19.4. The molecule has 4 aliphatic carbocycles. The van der Waals surface area contributed by atoms with Crippen LogP contribution in [0.1, 0.15) is 48.8 Å². The summed E-state index contributed by atoms with van der Waals surface area (Å²) in [5.74, 6) is 3.97. The first-order chi connectivity index (χ1) is 14.2. The SMILES string of the molecule is Cc1cccc(Cn2cc(CNC3C4CC5CC(C4)CC3C5)c3ccccc32)c1. The Morgan fingerprint density at radius 2 is 1.66 bits per heavy atom. The molecule has 0 atom stereocenters. The molecule has 2 aromatic carbocycles. The molecule has 3 aromatic rings. The van der Waals surface area contributed by atoms with Crippen LogP contribution in [0.15, 0.2) is 54.7 Å². The van der Waals surface area contributed by atoms with E-state index in [0.29, 0.717) is 0 Å². The highest BCUT2D eigenvalue weighted by Crippen LogP contribution is 2.53. The average Bonchev–Trinajstić information content (AvgIpc) is 3.05. The first-order valence-electron chi connectivity index (χ1n) is 11.6. The van der Waals surface area contributed by atoms with Gasteiger partial charge in [0.25, 0.3) is 0 Å². The van der Waals surface area contributed by atoms with Gasteiger partial charge in [-0.05, 0) is 79.9 Å². The van der Waals surface area contributed by atoms with Gasteiger partial charge in [0, 0.05) is 36.2 Å². The molecule has 0 spiro atoms. The molecule has 7 rings (SSSR count). The van der Waals surface area contributed by atoms with Crippen LogP contribution < -0.4 is 5.32 Å². The number of benzene rings is 2. The fourth-order valence-corrected chi connectivity index (χ4v) is 7.09. The second kappa shape index (κ2) is 7.02. The topological polar surface area (TPSA) is 17.0 Å². The molecule has 0 saturated heterocycles. The van der Waals surface area contributed by atoms with Crippen molar-refractivity contribution in [3.05, 3.63) is 71.4 Å². The van der Waals surface area contributed by atoms with Gasteiger partial charge in [0.05, 0.1) is 0 Å². The Morgan fingerprint density at radius 3 is 2.41 bits per heavy atom. The van der Waals surface area contributed by atoms with Crippen molar-refractivity contribution >= 4 is 10.9 Å². The fraction of sp³-hybridized carbons (Fsp3) is 0.481. The van der Waals surface area contributed by atoms with E-state index in [1.807, 2.05) is 0 Å². The highest BCUT2D eigenvalue weighted by molar-refractivity contribution is 5.84. The number of hydrogen-bond donors (Lipinski definition) is 1. The average molecular weight is 385 g/mol. The molecule has 0 aliphatic heterocycles. The lowest BCUT2D eigenvalue weighted by atomic mass is 9.54. The monoisotopic (exact) mass is 384 g/mol. The van der Waals surface area contributed by atoms with Crippen LogP contribution in [0.5, 0.6) is 0 Å². The normalized spacial score (nSPS) is 30.3. The molecular formula is C27H32N2. The molecule has 4 aliphatic rings. The van der Waals surface area contributed by atoms with Crippen LogP contribution in [0.2, 0.25) is 0 Å². The Balaban J connectivity index is 1.25. The van der Waals surface area contributed by atoms with Crippen molar-refractivity contribution in [3.63, 3.8) is 0 Å². The minimum Gasteiger partial charge on any atom is -0.343 e. The molecule has 1 heterocycles. The second-order valence-electron chi connectivity index (χ2n) is 10.1. The Labute approximate surface area is 174 Å². The molecular weight excluding hydrogens is 352 g/mol. The van der Waals surface area contributed by atoms with Gasteiger partial charge in [0.15, 0.2) is 0 Å². The van der Waals surface area contributed by atoms with Gasteiger partial charge in [-0.2, -0.15) is 0 Å². The Bertz CT molecular complexity index is 1000. The van der Waals surface area contributed by atoms with E-state index in [1.165, 1.54) is 59.7 Å². The van der Waals surface area contributed by atoms with Gasteiger partial charge in [-0.1, -0.05) is 48.0 Å². The molecule has 150 valence electrons. The number of fused-ring (bicyclic) bond motifs is 1. The van der Waals surface area contributed by atoms with E-state index in [-0.39, 0.29) is 0 Å². The van der Waals surface area contributed by atoms with Gasteiger partial charge in [0.1, 0.15) is 0 Å². The number of hydrogen-bond acceptors (Lipinski definition) is 1. The van der Waals surface area contributed by atoms with Crippen molar-refractivity contribution < 1.29 is 0 Å². The highest BCUT2D eigenvalue weighted by Gasteiger charge is 2.47. The van der Waals surface area contributed by atoms with Gasteiger partial charge in [-0.3, -0.25) is 0 Å². The maximum Gasteiger partial charge on any atom is 0.0486 e. The van der Waals surface area contributed by atoms with E-state index in [2.05, 4.69) is 71.5 Å². The van der Waals surface area contributed by atoms with Gasteiger partial charge in [-0.25, -0.2) is 0 Å². The second-order valence-corrected chi connectivity index (χ2v) is 10.1. The predicted octanol–water partition coefficient (Wildman–Crippen LogP) is 5.91. The van der Waals surface area contributed by atoms with E-state index >= 15 is 0 Å². The summed E-state index contributed by atoms with van der Waals surface area (Å²) in [7, 11) is 0. The van der Waals surface area contributed by atoms with Crippen molar-refractivity contribution in [1.29, 1.82) is 0 Å². The Hall–Kier alpha value is -2.06. The van der Waals surface area contributed by atoms with E-state index in [4.69, 9.17) is 0 Å². The number of aromatic nitrogens is 1. The number of nitrogens with zero attached hydrogens (tertiary/aromatic N) is 1.